The van der Waals surface area contributed by atoms with Crippen molar-refractivity contribution in [2.75, 3.05) is 13.2 Å². The predicted molar refractivity (Wildman–Crippen MR) is 98.9 cm³/mol. The molecule has 1 aliphatic rings. The molecular formula is C18H14BrNO5S. The highest BCUT2D eigenvalue weighted by atomic mass is 79.9. The average molecular weight is 436 g/mol. The van der Waals surface area contributed by atoms with Crippen LogP contribution in [-0.2, 0) is 14.3 Å². The highest BCUT2D eigenvalue weighted by molar-refractivity contribution is 9.10. The lowest BCUT2D eigenvalue weighted by Crippen LogP contribution is -2.34. The van der Waals surface area contributed by atoms with Gasteiger partial charge < -0.3 is 9.47 Å². The maximum Gasteiger partial charge on any atom is 0.297 e. The second kappa shape index (κ2) is 6.86. The van der Waals surface area contributed by atoms with Crippen molar-refractivity contribution in [2.45, 2.75) is 11.0 Å². The summed E-state index contributed by atoms with van der Waals surface area (Å²) in [6.45, 7) is 0.0586. The summed E-state index contributed by atoms with van der Waals surface area (Å²) in [5, 5.41) is 0.811. The maximum absolute atomic E-state index is 12.3. The van der Waals surface area contributed by atoms with Gasteiger partial charge in [0, 0.05) is 16.1 Å². The van der Waals surface area contributed by atoms with Crippen LogP contribution in [0.1, 0.15) is 0 Å². The van der Waals surface area contributed by atoms with Gasteiger partial charge in [0.25, 0.3) is 10.1 Å². The fraction of sp³-hybridized carbons (Fsp3) is 0.167. The molecule has 3 aromatic rings. The van der Waals surface area contributed by atoms with Crippen molar-refractivity contribution < 1.29 is 22.1 Å². The third-order valence-corrected chi connectivity index (χ3v) is 5.74. The van der Waals surface area contributed by atoms with Crippen LogP contribution in [0.4, 0.5) is 0 Å². The Kier molecular flexibility index (Phi) is 4.56. The van der Waals surface area contributed by atoms with Crippen LogP contribution in [-0.4, -0.2) is 32.7 Å². The summed E-state index contributed by atoms with van der Waals surface area (Å²) < 4.78 is 42.2. The van der Waals surface area contributed by atoms with E-state index in [2.05, 4.69) is 20.9 Å². The zero-order chi connectivity index (χ0) is 18.1. The molecular weight excluding hydrogens is 422 g/mol. The van der Waals surface area contributed by atoms with Crippen molar-refractivity contribution >= 4 is 37.0 Å². The first-order valence-corrected chi connectivity index (χ1v) is 10.1. The number of nitrogens with zero attached hydrogens (tertiary/aromatic N) is 1. The minimum atomic E-state index is -3.87. The largest absolute Gasteiger partial charge is 0.486 e. The summed E-state index contributed by atoms with van der Waals surface area (Å²) in [4.78, 5) is 4.37. The molecule has 134 valence electrons. The molecule has 0 bridgehead atoms. The lowest BCUT2D eigenvalue weighted by Gasteiger charge is -2.27. The Labute approximate surface area is 159 Å². The van der Waals surface area contributed by atoms with Gasteiger partial charge in [-0.3, -0.25) is 9.17 Å². The molecule has 8 heteroatoms. The standard InChI is InChI=1S/C18H14BrNO5S/c19-12-3-5-14(6-4-12)26(21,22)24-11-13-10-23-17-8-7-16-15(18(17)25-13)2-1-9-20-16/h1-9,13H,10-11H2. The van der Waals surface area contributed by atoms with Crippen LogP contribution in [0.5, 0.6) is 11.5 Å². The van der Waals surface area contributed by atoms with Gasteiger partial charge in [0.05, 0.1) is 10.4 Å². The van der Waals surface area contributed by atoms with Gasteiger partial charge >= 0.3 is 0 Å². The molecule has 2 aromatic carbocycles. The van der Waals surface area contributed by atoms with Crippen LogP contribution in [0.2, 0.25) is 0 Å². The number of pyridine rings is 1. The minimum Gasteiger partial charge on any atom is -0.486 e. The van der Waals surface area contributed by atoms with Gasteiger partial charge in [0.2, 0.25) is 0 Å². The van der Waals surface area contributed by atoms with Crippen molar-refractivity contribution in [1.29, 1.82) is 0 Å². The summed E-state index contributed by atoms with van der Waals surface area (Å²) in [5.41, 5.74) is 0.777. The fourth-order valence-corrected chi connectivity index (χ4v) is 3.84. The number of ether oxygens (including phenoxy) is 2. The van der Waals surface area contributed by atoms with Crippen LogP contribution < -0.4 is 9.47 Å². The van der Waals surface area contributed by atoms with Crippen LogP contribution in [0.25, 0.3) is 10.9 Å². The molecule has 0 amide bonds. The van der Waals surface area contributed by atoms with E-state index in [4.69, 9.17) is 13.7 Å². The number of rotatable bonds is 4. The molecule has 26 heavy (non-hydrogen) atoms. The monoisotopic (exact) mass is 435 g/mol. The molecule has 4 rings (SSSR count). The fourth-order valence-electron chi connectivity index (χ4n) is 2.64. The Bertz CT molecular complexity index is 1050. The van der Waals surface area contributed by atoms with E-state index in [0.29, 0.717) is 11.5 Å². The SMILES string of the molecule is O=S(=O)(OCC1COc2ccc3ncccc3c2O1)c1ccc(Br)cc1. The Hall–Kier alpha value is -2.16. The topological polar surface area (TPSA) is 74.7 Å². The Morgan fingerprint density at radius 1 is 1.15 bits per heavy atom. The van der Waals surface area contributed by atoms with E-state index < -0.39 is 16.2 Å². The second-order valence-electron chi connectivity index (χ2n) is 5.71. The molecule has 0 saturated heterocycles. The molecule has 0 saturated carbocycles. The summed E-state index contributed by atoms with van der Waals surface area (Å²) in [6.07, 6.45) is 1.16. The van der Waals surface area contributed by atoms with Crippen LogP contribution in [0.15, 0.2) is 64.1 Å². The molecule has 1 aliphatic heterocycles. The zero-order valence-corrected chi connectivity index (χ0v) is 15.9. The van der Waals surface area contributed by atoms with Crippen molar-refractivity contribution in [2.24, 2.45) is 0 Å². The van der Waals surface area contributed by atoms with Gasteiger partial charge in [0.1, 0.15) is 13.2 Å². The number of aromatic nitrogens is 1. The van der Waals surface area contributed by atoms with E-state index in [1.165, 1.54) is 12.1 Å². The molecule has 2 heterocycles. The molecule has 0 N–H and O–H groups in total. The Balaban J connectivity index is 1.51. The molecule has 1 atom stereocenters. The highest BCUT2D eigenvalue weighted by Gasteiger charge is 2.26. The number of benzene rings is 2. The van der Waals surface area contributed by atoms with Crippen molar-refractivity contribution in [1.82, 2.24) is 4.98 Å². The van der Waals surface area contributed by atoms with Crippen molar-refractivity contribution in [3.63, 3.8) is 0 Å². The maximum atomic E-state index is 12.3. The van der Waals surface area contributed by atoms with Gasteiger partial charge in [-0.25, -0.2) is 0 Å². The van der Waals surface area contributed by atoms with E-state index in [0.717, 1.165) is 15.4 Å². The first kappa shape index (κ1) is 17.3. The first-order valence-electron chi connectivity index (χ1n) is 7.85. The Morgan fingerprint density at radius 3 is 2.77 bits per heavy atom. The van der Waals surface area contributed by atoms with Gasteiger partial charge in [-0.15, -0.1) is 0 Å². The lowest BCUT2D eigenvalue weighted by atomic mass is 10.1. The predicted octanol–water partition coefficient (Wildman–Crippen LogP) is 3.54. The summed E-state index contributed by atoms with van der Waals surface area (Å²) in [6, 6.07) is 13.6. The summed E-state index contributed by atoms with van der Waals surface area (Å²) >= 11 is 3.27. The molecule has 6 nitrogen and oxygen atoms in total. The van der Waals surface area contributed by atoms with E-state index in [1.807, 2.05) is 18.2 Å². The van der Waals surface area contributed by atoms with E-state index in [1.54, 1.807) is 24.4 Å². The normalized spacial score (nSPS) is 16.6. The van der Waals surface area contributed by atoms with E-state index >= 15 is 0 Å². The van der Waals surface area contributed by atoms with E-state index in [9.17, 15) is 8.42 Å². The molecule has 1 aromatic heterocycles. The first-order chi connectivity index (χ1) is 12.5. The average Bonchev–Trinajstić information content (AvgIpc) is 2.66. The number of hydrogen-bond donors (Lipinski definition) is 0. The zero-order valence-electron chi connectivity index (χ0n) is 13.5. The molecule has 1 unspecified atom stereocenters. The highest BCUT2D eigenvalue weighted by Crippen LogP contribution is 2.38. The Morgan fingerprint density at radius 2 is 1.96 bits per heavy atom. The quantitative estimate of drug-likeness (QED) is 0.583. The van der Waals surface area contributed by atoms with Crippen LogP contribution in [0.3, 0.4) is 0 Å². The van der Waals surface area contributed by atoms with Crippen LogP contribution >= 0.6 is 15.9 Å². The van der Waals surface area contributed by atoms with Crippen LogP contribution in [0, 0.1) is 0 Å². The molecule has 0 aliphatic carbocycles. The van der Waals surface area contributed by atoms with Crippen molar-refractivity contribution in [3.8, 4) is 11.5 Å². The van der Waals surface area contributed by atoms with Gasteiger partial charge in [-0.05, 0) is 48.5 Å². The number of hydrogen-bond acceptors (Lipinski definition) is 6. The lowest BCUT2D eigenvalue weighted by molar-refractivity contribution is 0.0571. The summed E-state index contributed by atoms with van der Waals surface area (Å²) in [5.74, 6) is 1.16. The number of halogens is 1. The third-order valence-electron chi connectivity index (χ3n) is 3.92. The molecule has 0 radical (unpaired) electrons. The minimum absolute atomic E-state index is 0.0903. The number of fused-ring (bicyclic) bond motifs is 3. The van der Waals surface area contributed by atoms with Crippen molar-refractivity contribution in [3.05, 3.63) is 59.2 Å². The van der Waals surface area contributed by atoms with Gasteiger partial charge in [-0.2, -0.15) is 8.42 Å². The van der Waals surface area contributed by atoms with Gasteiger partial charge in [0.15, 0.2) is 17.6 Å². The summed E-state index contributed by atoms with van der Waals surface area (Å²) in [7, 11) is -3.87. The van der Waals surface area contributed by atoms with Gasteiger partial charge in [-0.1, -0.05) is 15.9 Å². The third kappa shape index (κ3) is 3.40. The smallest absolute Gasteiger partial charge is 0.297 e. The molecule has 0 spiro atoms. The van der Waals surface area contributed by atoms with E-state index in [-0.39, 0.29) is 18.1 Å². The molecule has 0 fully saturated rings. The second-order valence-corrected chi connectivity index (χ2v) is 8.24.